The van der Waals surface area contributed by atoms with Crippen LogP contribution in [0.4, 0.5) is 10.5 Å². The van der Waals surface area contributed by atoms with Crippen LogP contribution in [-0.2, 0) is 0 Å². The number of furan rings is 1. The predicted molar refractivity (Wildman–Crippen MR) is 109 cm³/mol. The highest BCUT2D eigenvalue weighted by molar-refractivity contribution is 5.97. The third kappa shape index (κ3) is 4.96. The van der Waals surface area contributed by atoms with Crippen molar-refractivity contribution in [2.24, 2.45) is 0 Å². The summed E-state index contributed by atoms with van der Waals surface area (Å²) in [5.41, 5.74) is 2.53. The number of benzene rings is 1. The van der Waals surface area contributed by atoms with E-state index in [1.807, 2.05) is 13.0 Å². The molecule has 0 spiro atoms. The van der Waals surface area contributed by atoms with E-state index in [-0.39, 0.29) is 23.9 Å². The number of likely N-dealkylation sites (tertiary alicyclic amines) is 1. The Morgan fingerprint density at radius 3 is 2.45 bits per heavy atom. The van der Waals surface area contributed by atoms with E-state index in [9.17, 15) is 14.4 Å². The Kier molecular flexibility index (Phi) is 6.21. The summed E-state index contributed by atoms with van der Waals surface area (Å²) in [6.45, 7) is 3.01. The van der Waals surface area contributed by atoms with Gasteiger partial charge in [0.15, 0.2) is 0 Å². The summed E-state index contributed by atoms with van der Waals surface area (Å²) in [4.78, 5) is 40.2. The van der Waals surface area contributed by atoms with Gasteiger partial charge in [0.2, 0.25) is 0 Å². The molecule has 2 aromatic rings. The molecule has 8 heteroatoms. The van der Waals surface area contributed by atoms with E-state index in [1.54, 1.807) is 37.2 Å². The van der Waals surface area contributed by atoms with Crippen molar-refractivity contribution in [1.29, 1.82) is 0 Å². The molecule has 1 fully saturated rings. The summed E-state index contributed by atoms with van der Waals surface area (Å²) < 4.78 is 4.97. The van der Waals surface area contributed by atoms with Gasteiger partial charge in [-0.3, -0.25) is 9.59 Å². The maximum Gasteiger partial charge on any atom is 0.319 e. The second kappa shape index (κ2) is 8.81. The highest BCUT2D eigenvalue weighted by Gasteiger charge is 2.25. The first-order valence-corrected chi connectivity index (χ1v) is 9.56. The van der Waals surface area contributed by atoms with Crippen LogP contribution in [0.3, 0.4) is 0 Å². The van der Waals surface area contributed by atoms with Crippen molar-refractivity contribution in [2.45, 2.75) is 25.8 Å². The molecule has 154 valence electrons. The molecule has 0 saturated carbocycles. The number of hydrogen-bond acceptors (Lipinski definition) is 4. The van der Waals surface area contributed by atoms with Crippen LogP contribution in [0, 0.1) is 6.92 Å². The van der Waals surface area contributed by atoms with Crippen LogP contribution in [0.15, 0.2) is 41.2 Å². The quantitative estimate of drug-likeness (QED) is 0.828. The van der Waals surface area contributed by atoms with Gasteiger partial charge in [-0.2, -0.15) is 0 Å². The molecule has 29 heavy (non-hydrogen) atoms. The van der Waals surface area contributed by atoms with Gasteiger partial charge >= 0.3 is 6.03 Å². The topological polar surface area (TPSA) is 94.9 Å². The van der Waals surface area contributed by atoms with E-state index in [0.29, 0.717) is 42.7 Å². The van der Waals surface area contributed by atoms with Gasteiger partial charge in [0, 0.05) is 44.5 Å². The van der Waals surface area contributed by atoms with E-state index < -0.39 is 0 Å². The van der Waals surface area contributed by atoms with Gasteiger partial charge in [-0.25, -0.2) is 4.79 Å². The maximum absolute atomic E-state index is 12.4. The van der Waals surface area contributed by atoms with Crippen LogP contribution in [-0.4, -0.2) is 60.9 Å². The molecule has 0 atom stereocenters. The summed E-state index contributed by atoms with van der Waals surface area (Å²) in [5, 5.41) is 5.79. The molecule has 0 bridgehead atoms. The van der Waals surface area contributed by atoms with Crippen LogP contribution in [0.2, 0.25) is 0 Å². The van der Waals surface area contributed by atoms with E-state index in [4.69, 9.17) is 4.42 Å². The van der Waals surface area contributed by atoms with Crippen LogP contribution in [0.1, 0.15) is 39.1 Å². The number of urea groups is 1. The number of carbonyl (C=O) groups excluding carboxylic acids is 3. The van der Waals surface area contributed by atoms with Crippen LogP contribution in [0.25, 0.3) is 0 Å². The fraction of sp³-hybridized carbons (Fsp3) is 0.381. The summed E-state index contributed by atoms with van der Waals surface area (Å²) >= 11 is 0. The lowest BCUT2D eigenvalue weighted by Gasteiger charge is -2.32. The van der Waals surface area contributed by atoms with Crippen molar-refractivity contribution < 1.29 is 18.8 Å². The fourth-order valence-electron chi connectivity index (χ4n) is 3.29. The molecule has 1 aromatic heterocycles. The molecule has 4 amide bonds. The predicted octanol–water partition coefficient (Wildman–Crippen LogP) is 2.72. The largest absolute Gasteiger partial charge is 0.472 e. The summed E-state index contributed by atoms with van der Waals surface area (Å²) in [6, 6.07) is 6.55. The van der Waals surface area contributed by atoms with Gasteiger partial charge in [-0.05, 0) is 43.5 Å². The van der Waals surface area contributed by atoms with Crippen molar-refractivity contribution >= 4 is 23.5 Å². The van der Waals surface area contributed by atoms with Gasteiger partial charge in [-0.1, -0.05) is 6.07 Å². The van der Waals surface area contributed by atoms with E-state index in [2.05, 4.69) is 10.6 Å². The number of hydrogen-bond donors (Lipinski definition) is 2. The molecule has 1 aromatic carbocycles. The first-order chi connectivity index (χ1) is 13.8. The Labute approximate surface area is 169 Å². The molecular formula is C21H26N4O4. The number of nitrogens with zero attached hydrogens (tertiary/aromatic N) is 2. The van der Waals surface area contributed by atoms with Crippen LogP contribution < -0.4 is 10.6 Å². The average Bonchev–Trinajstić information content (AvgIpc) is 3.24. The van der Waals surface area contributed by atoms with E-state index in [0.717, 1.165) is 5.56 Å². The minimum absolute atomic E-state index is 0.0182. The molecule has 2 heterocycles. The van der Waals surface area contributed by atoms with Gasteiger partial charge in [0.25, 0.3) is 11.8 Å². The molecule has 8 nitrogen and oxygen atoms in total. The number of anilines is 1. The summed E-state index contributed by atoms with van der Waals surface area (Å²) in [6.07, 6.45) is 4.27. The van der Waals surface area contributed by atoms with E-state index >= 15 is 0 Å². The Morgan fingerprint density at radius 2 is 1.83 bits per heavy atom. The second-order valence-electron chi connectivity index (χ2n) is 7.41. The zero-order chi connectivity index (χ0) is 21.0. The maximum atomic E-state index is 12.4. The number of rotatable bonds is 4. The van der Waals surface area contributed by atoms with Gasteiger partial charge < -0.3 is 24.9 Å². The lowest BCUT2D eigenvalue weighted by molar-refractivity contribution is 0.0707. The Balaban J connectivity index is 1.53. The third-order valence-corrected chi connectivity index (χ3v) is 5.02. The normalized spacial score (nSPS) is 14.4. The SMILES string of the molecule is Cc1ccc(C(=O)N(C)C)cc1NC(=O)NC1CCN(C(=O)c2ccoc2)CC1. The Bertz CT molecular complexity index is 884. The lowest BCUT2D eigenvalue weighted by atomic mass is 10.0. The number of aryl methyl sites for hydroxylation is 1. The Morgan fingerprint density at radius 1 is 1.10 bits per heavy atom. The van der Waals surface area contributed by atoms with Crippen molar-refractivity contribution in [2.75, 3.05) is 32.5 Å². The number of piperidine rings is 1. The molecule has 2 N–H and O–H groups in total. The molecule has 1 saturated heterocycles. The number of nitrogens with one attached hydrogen (secondary N) is 2. The summed E-state index contributed by atoms with van der Waals surface area (Å²) in [7, 11) is 3.37. The smallest absolute Gasteiger partial charge is 0.319 e. The van der Waals surface area contributed by atoms with Gasteiger partial charge in [-0.15, -0.1) is 0 Å². The van der Waals surface area contributed by atoms with Crippen molar-refractivity contribution in [1.82, 2.24) is 15.1 Å². The van der Waals surface area contributed by atoms with Crippen molar-refractivity contribution in [3.63, 3.8) is 0 Å². The molecule has 0 aliphatic carbocycles. The van der Waals surface area contributed by atoms with Crippen LogP contribution in [0.5, 0.6) is 0 Å². The van der Waals surface area contributed by atoms with Crippen LogP contribution >= 0.6 is 0 Å². The molecule has 0 radical (unpaired) electrons. The number of carbonyl (C=O) groups is 3. The fourth-order valence-corrected chi connectivity index (χ4v) is 3.29. The molecular weight excluding hydrogens is 372 g/mol. The standard InChI is InChI=1S/C21H26N4O4/c1-14-4-5-15(19(26)24(2)3)12-18(14)23-21(28)22-17-6-9-25(10-7-17)20(27)16-8-11-29-13-16/h4-5,8,11-13,17H,6-7,9-10H2,1-3H3,(H2,22,23,28). The zero-order valence-electron chi connectivity index (χ0n) is 16.9. The highest BCUT2D eigenvalue weighted by Crippen LogP contribution is 2.19. The third-order valence-electron chi connectivity index (χ3n) is 5.02. The second-order valence-corrected chi connectivity index (χ2v) is 7.41. The molecule has 1 aliphatic heterocycles. The first kappa shape index (κ1) is 20.4. The first-order valence-electron chi connectivity index (χ1n) is 9.56. The molecule has 1 aliphatic rings. The highest BCUT2D eigenvalue weighted by atomic mass is 16.3. The van der Waals surface area contributed by atoms with Gasteiger partial charge in [0.1, 0.15) is 6.26 Å². The summed E-state index contributed by atoms with van der Waals surface area (Å²) in [5.74, 6) is -0.178. The average molecular weight is 398 g/mol. The minimum atomic E-state index is -0.317. The number of amides is 4. The zero-order valence-corrected chi connectivity index (χ0v) is 16.9. The lowest BCUT2D eigenvalue weighted by Crippen LogP contribution is -2.47. The molecule has 0 unspecified atom stereocenters. The molecule has 3 rings (SSSR count). The Hall–Kier alpha value is -3.29. The van der Waals surface area contributed by atoms with Crippen molar-refractivity contribution in [3.8, 4) is 0 Å². The van der Waals surface area contributed by atoms with Gasteiger partial charge in [0.05, 0.1) is 11.8 Å². The monoisotopic (exact) mass is 398 g/mol. The van der Waals surface area contributed by atoms with E-state index in [1.165, 1.54) is 17.4 Å². The minimum Gasteiger partial charge on any atom is -0.472 e. The van der Waals surface area contributed by atoms with Crippen molar-refractivity contribution in [3.05, 3.63) is 53.5 Å².